The Morgan fingerprint density at radius 2 is 1.48 bits per heavy atom. The van der Waals surface area contributed by atoms with Crippen molar-refractivity contribution in [3.63, 3.8) is 0 Å². The molecule has 2 aromatic carbocycles. The van der Waals surface area contributed by atoms with Crippen molar-refractivity contribution in [3.8, 4) is 11.5 Å². The second-order valence-electron chi connectivity index (χ2n) is 6.44. The lowest BCUT2D eigenvalue weighted by molar-refractivity contribution is 0.121. The van der Waals surface area contributed by atoms with Crippen molar-refractivity contribution in [2.75, 3.05) is 39.9 Å². The van der Waals surface area contributed by atoms with Crippen molar-refractivity contribution in [3.05, 3.63) is 59.7 Å². The second kappa shape index (κ2) is 8.88. The van der Waals surface area contributed by atoms with Crippen LogP contribution in [-0.2, 0) is 13.1 Å². The van der Waals surface area contributed by atoms with Gasteiger partial charge in [-0.25, -0.2) is 0 Å². The number of piperazine rings is 1. The molecule has 3 rings (SSSR count). The van der Waals surface area contributed by atoms with Gasteiger partial charge in [0, 0.05) is 44.8 Å². The Morgan fingerprint density at radius 1 is 0.840 bits per heavy atom. The van der Waals surface area contributed by atoms with Gasteiger partial charge in [0.1, 0.15) is 11.5 Å². The van der Waals surface area contributed by atoms with Crippen LogP contribution in [0.2, 0.25) is 0 Å². The zero-order valence-electron chi connectivity index (χ0n) is 15.3. The first-order chi connectivity index (χ1) is 12.3. The summed E-state index contributed by atoms with van der Waals surface area (Å²) in [5, 5.41) is 0. The predicted octanol–water partition coefficient (Wildman–Crippen LogP) is 3.41. The molecule has 4 heteroatoms. The Labute approximate surface area is 151 Å². The van der Waals surface area contributed by atoms with E-state index in [0.29, 0.717) is 6.61 Å². The normalized spacial score (nSPS) is 15.9. The van der Waals surface area contributed by atoms with Gasteiger partial charge in [0.25, 0.3) is 0 Å². The highest BCUT2D eigenvalue weighted by molar-refractivity contribution is 5.33. The fourth-order valence-corrected chi connectivity index (χ4v) is 3.30. The number of para-hydroxylation sites is 1. The van der Waals surface area contributed by atoms with Crippen molar-refractivity contribution < 1.29 is 9.47 Å². The van der Waals surface area contributed by atoms with E-state index in [4.69, 9.17) is 9.47 Å². The van der Waals surface area contributed by atoms with E-state index in [0.717, 1.165) is 50.8 Å². The SMILES string of the molecule is CCOc1ccc(CN2CCN(Cc3ccccc3OC)CC2)cc1. The van der Waals surface area contributed by atoms with Crippen LogP contribution in [0.3, 0.4) is 0 Å². The summed E-state index contributed by atoms with van der Waals surface area (Å²) >= 11 is 0. The third-order valence-corrected chi connectivity index (χ3v) is 4.69. The summed E-state index contributed by atoms with van der Waals surface area (Å²) < 4.78 is 11.0. The van der Waals surface area contributed by atoms with Crippen molar-refractivity contribution in [1.82, 2.24) is 9.80 Å². The number of nitrogens with zero attached hydrogens (tertiary/aromatic N) is 2. The van der Waals surface area contributed by atoms with E-state index in [2.05, 4.69) is 46.2 Å². The minimum Gasteiger partial charge on any atom is -0.496 e. The molecule has 1 saturated heterocycles. The Kier molecular flexibility index (Phi) is 6.31. The van der Waals surface area contributed by atoms with Crippen LogP contribution in [0, 0.1) is 0 Å². The van der Waals surface area contributed by atoms with E-state index in [1.165, 1.54) is 11.1 Å². The molecule has 1 fully saturated rings. The summed E-state index contributed by atoms with van der Waals surface area (Å²) in [7, 11) is 1.74. The quantitative estimate of drug-likeness (QED) is 0.771. The van der Waals surface area contributed by atoms with E-state index in [9.17, 15) is 0 Å². The third-order valence-electron chi connectivity index (χ3n) is 4.69. The molecule has 0 amide bonds. The topological polar surface area (TPSA) is 24.9 Å². The van der Waals surface area contributed by atoms with Crippen LogP contribution >= 0.6 is 0 Å². The average Bonchev–Trinajstić information content (AvgIpc) is 2.66. The molecule has 4 nitrogen and oxygen atoms in total. The zero-order chi connectivity index (χ0) is 17.5. The molecule has 0 spiro atoms. The first-order valence-corrected chi connectivity index (χ1v) is 9.07. The van der Waals surface area contributed by atoms with Gasteiger partial charge in [-0.3, -0.25) is 9.80 Å². The fourth-order valence-electron chi connectivity index (χ4n) is 3.30. The number of ether oxygens (including phenoxy) is 2. The van der Waals surface area contributed by atoms with Gasteiger partial charge in [-0.05, 0) is 30.7 Å². The minimum absolute atomic E-state index is 0.716. The molecule has 0 aromatic heterocycles. The van der Waals surface area contributed by atoms with Crippen molar-refractivity contribution in [2.24, 2.45) is 0 Å². The third kappa shape index (κ3) is 4.97. The standard InChI is InChI=1S/C21H28N2O2/c1-3-25-20-10-8-18(9-11-20)16-22-12-14-23(15-13-22)17-19-6-4-5-7-21(19)24-2/h4-11H,3,12-17H2,1-2H3. The van der Waals surface area contributed by atoms with Gasteiger partial charge in [0.15, 0.2) is 0 Å². The van der Waals surface area contributed by atoms with E-state index in [-0.39, 0.29) is 0 Å². The number of hydrogen-bond acceptors (Lipinski definition) is 4. The molecular weight excluding hydrogens is 312 g/mol. The van der Waals surface area contributed by atoms with Crippen LogP contribution in [0.4, 0.5) is 0 Å². The van der Waals surface area contributed by atoms with Gasteiger partial charge in [-0.2, -0.15) is 0 Å². The summed E-state index contributed by atoms with van der Waals surface area (Å²) in [5.74, 6) is 1.94. The van der Waals surface area contributed by atoms with Gasteiger partial charge in [0.2, 0.25) is 0 Å². The maximum atomic E-state index is 5.51. The molecule has 1 aliphatic rings. The largest absolute Gasteiger partial charge is 0.496 e. The lowest BCUT2D eigenvalue weighted by Gasteiger charge is -2.35. The molecule has 134 valence electrons. The molecule has 0 radical (unpaired) electrons. The summed E-state index contributed by atoms with van der Waals surface area (Å²) in [6.45, 7) is 9.08. The molecule has 0 saturated carbocycles. The zero-order valence-corrected chi connectivity index (χ0v) is 15.3. The maximum Gasteiger partial charge on any atom is 0.123 e. The Hall–Kier alpha value is -2.04. The first kappa shape index (κ1) is 17.8. The molecule has 0 bridgehead atoms. The molecule has 1 heterocycles. The summed E-state index contributed by atoms with van der Waals surface area (Å²) in [6, 6.07) is 16.8. The van der Waals surface area contributed by atoms with Gasteiger partial charge >= 0.3 is 0 Å². The summed E-state index contributed by atoms with van der Waals surface area (Å²) in [6.07, 6.45) is 0. The number of methoxy groups -OCH3 is 1. The summed E-state index contributed by atoms with van der Waals surface area (Å²) in [4.78, 5) is 5.03. The van der Waals surface area contributed by atoms with Crippen LogP contribution in [0.15, 0.2) is 48.5 Å². The minimum atomic E-state index is 0.716. The molecule has 2 aromatic rings. The highest BCUT2D eigenvalue weighted by Crippen LogP contribution is 2.20. The van der Waals surface area contributed by atoms with E-state index >= 15 is 0 Å². The number of rotatable bonds is 7. The van der Waals surface area contributed by atoms with Crippen molar-refractivity contribution >= 4 is 0 Å². The lowest BCUT2D eigenvalue weighted by atomic mass is 10.1. The van der Waals surface area contributed by atoms with Crippen molar-refractivity contribution in [2.45, 2.75) is 20.0 Å². The summed E-state index contributed by atoms with van der Waals surface area (Å²) in [5.41, 5.74) is 2.62. The Bertz CT molecular complexity index is 649. The molecule has 0 N–H and O–H groups in total. The smallest absolute Gasteiger partial charge is 0.123 e. The van der Waals surface area contributed by atoms with E-state index < -0.39 is 0 Å². The van der Waals surface area contributed by atoms with E-state index in [1.807, 2.05) is 19.1 Å². The van der Waals surface area contributed by atoms with Crippen LogP contribution in [0.1, 0.15) is 18.1 Å². The van der Waals surface area contributed by atoms with Crippen molar-refractivity contribution in [1.29, 1.82) is 0 Å². The molecule has 25 heavy (non-hydrogen) atoms. The second-order valence-corrected chi connectivity index (χ2v) is 6.44. The van der Waals surface area contributed by atoms with Crippen LogP contribution in [0.5, 0.6) is 11.5 Å². The Balaban J connectivity index is 1.48. The van der Waals surface area contributed by atoms with Gasteiger partial charge in [-0.15, -0.1) is 0 Å². The van der Waals surface area contributed by atoms with E-state index in [1.54, 1.807) is 7.11 Å². The molecular formula is C21H28N2O2. The molecule has 0 unspecified atom stereocenters. The van der Waals surface area contributed by atoms with Crippen LogP contribution in [0.25, 0.3) is 0 Å². The predicted molar refractivity (Wildman–Crippen MR) is 101 cm³/mol. The Morgan fingerprint density at radius 3 is 2.12 bits per heavy atom. The van der Waals surface area contributed by atoms with Gasteiger partial charge in [0.05, 0.1) is 13.7 Å². The molecule has 0 atom stereocenters. The average molecular weight is 340 g/mol. The maximum absolute atomic E-state index is 5.51. The molecule has 1 aliphatic heterocycles. The molecule has 0 aliphatic carbocycles. The number of hydrogen-bond donors (Lipinski definition) is 0. The van der Waals surface area contributed by atoms with Gasteiger partial charge in [-0.1, -0.05) is 30.3 Å². The lowest BCUT2D eigenvalue weighted by Crippen LogP contribution is -2.45. The highest BCUT2D eigenvalue weighted by Gasteiger charge is 2.18. The number of benzene rings is 2. The fraction of sp³-hybridized carbons (Fsp3) is 0.429. The first-order valence-electron chi connectivity index (χ1n) is 9.07. The monoisotopic (exact) mass is 340 g/mol. The van der Waals surface area contributed by atoms with Crippen LogP contribution in [-0.4, -0.2) is 49.7 Å². The highest BCUT2D eigenvalue weighted by atomic mass is 16.5. The van der Waals surface area contributed by atoms with Crippen LogP contribution < -0.4 is 9.47 Å². The van der Waals surface area contributed by atoms with Gasteiger partial charge < -0.3 is 9.47 Å².